The van der Waals surface area contributed by atoms with E-state index in [4.69, 9.17) is 15.2 Å². The summed E-state index contributed by atoms with van der Waals surface area (Å²) in [6.07, 6.45) is 2.05. The lowest BCUT2D eigenvalue weighted by atomic mass is 10.1. The summed E-state index contributed by atoms with van der Waals surface area (Å²) in [7, 11) is 2.84. The molecule has 0 bridgehead atoms. The van der Waals surface area contributed by atoms with Crippen LogP contribution >= 0.6 is 12.4 Å². The molecule has 1 aromatic heterocycles. The van der Waals surface area contributed by atoms with Crippen molar-refractivity contribution in [3.63, 3.8) is 0 Å². The van der Waals surface area contributed by atoms with E-state index in [1.54, 1.807) is 6.07 Å². The first-order valence-electron chi connectivity index (χ1n) is 8.45. The summed E-state index contributed by atoms with van der Waals surface area (Å²) in [6.45, 7) is 4.57. The van der Waals surface area contributed by atoms with Gasteiger partial charge in [-0.15, -0.1) is 12.4 Å². The Hall–Kier alpha value is -2.06. The lowest BCUT2D eigenvalue weighted by molar-refractivity contribution is 0.339. The van der Waals surface area contributed by atoms with E-state index in [9.17, 15) is 4.39 Å². The molecule has 0 spiro atoms. The van der Waals surface area contributed by atoms with Gasteiger partial charge in [0.25, 0.3) is 0 Å². The van der Waals surface area contributed by atoms with E-state index < -0.39 is 5.82 Å². The lowest BCUT2D eigenvalue weighted by Gasteiger charge is -2.36. The van der Waals surface area contributed by atoms with Crippen LogP contribution in [0.1, 0.15) is 19.8 Å². The maximum Gasteiger partial charge on any atom is 0.228 e. The van der Waals surface area contributed by atoms with E-state index in [0.717, 1.165) is 32.5 Å². The number of nitrogens with zero attached hydrogens (tertiary/aromatic N) is 3. The lowest BCUT2D eigenvalue weighted by Crippen LogP contribution is -2.52. The second kappa shape index (κ2) is 8.55. The number of piperazine rings is 1. The Morgan fingerprint density at radius 3 is 2.77 bits per heavy atom. The summed E-state index contributed by atoms with van der Waals surface area (Å²) in [4.78, 5) is 11.0. The molecule has 1 saturated heterocycles. The zero-order valence-electron chi connectivity index (χ0n) is 15.2. The van der Waals surface area contributed by atoms with E-state index in [-0.39, 0.29) is 41.3 Å². The molecule has 0 radical (unpaired) electrons. The van der Waals surface area contributed by atoms with Crippen LogP contribution < -0.4 is 25.4 Å². The molecule has 0 amide bonds. The fraction of sp³-hybridized carbons (Fsp3) is 0.529. The summed E-state index contributed by atoms with van der Waals surface area (Å²) in [6, 6.07) is 1.87. The molecule has 0 saturated carbocycles. The van der Waals surface area contributed by atoms with Crippen LogP contribution in [0, 0.1) is 5.82 Å². The highest BCUT2D eigenvalue weighted by atomic mass is 35.5. The fourth-order valence-corrected chi connectivity index (χ4v) is 3.28. The standard InChI is InChI=1S/C17H24FN5O2.ClH/c1-4-5-10-9-20-6-7-23(10)17-21-14-11(16(19)22-17)8-12(24-2)15(25-3)13(14)18;/h8,10,20H,4-7,9H2,1-3H3,(H2,19,21,22);1H/t10-;/m0./s1. The maximum absolute atomic E-state index is 14.9. The van der Waals surface area contributed by atoms with Crippen molar-refractivity contribution in [1.82, 2.24) is 15.3 Å². The number of rotatable bonds is 5. The minimum atomic E-state index is -0.589. The van der Waals surface area contributed by atoms with Gasteiger partial charge in [0.05, 0.1) is 14.2 Å². The largest absolute Gasteiger partial charge is 0.493 e. The summed E-state index contributed by atoms with van der Waals surface area (Å²) < 4.78 is 25.2. The van der Waals surface area contributed by atoms with Gasteiger partial charge in [0.15, 0.2) is 17.3 Å². The topological polar surface area (TPSA) is 85.5 Å². The van der Waals surface area contributed by atoms with Gasteiger partial charge in [0.1, 0.15) is 11.3 Å². The molecule has 2 heterocycles. The normalized spacial score (nSPS) is 17.1. The van der Waals surface area contributed by atoms with Gasteiger partial charge >= 0.3 is 0 Å². The van der Waals surface area contributed by atoms with Crippen LogP contribution in [0.25, 0.3) is 10.9 Å². The van der Waals surface area contributed by atoms with E-state index >= 15 is 0 Å². The van der Waals surface area contributed by atoms with Crippen molar-refractivity contribution in [1.29, 1.82) is 0 Å². The van der Waals surface area contributed by atoms with Gasteiger partial charge in [0, 0.05) is 31.1 Å². The first-order valence-corrected chi connectivity index (χ1v) is 8.45. The second-order valence-electron chi connectivity index (χ2n) is 6.07. The number of hydrogen-bond acceptors (Lipinski definition) is 7. The van der Waals surface area contributed by atoms with Gasteiger partial charge < -0.3 is 25.4 Å². The zero-order valence-corrected chi connectivity index (χ0v) is 16.0. The van der Waals surface area contributed by atoms with Crippen molar-refractivity contribution in [3.8, 4) is 11.5 Å². The predicted molar refractivity (Wildman–Crippen MR) is 103 cm³/mol. The van der Waals surface area contributed by atoms with Gasteiger partial charge in [-0.1, -0.05) is 13.3 Å². The van der Waals surface area contributed by atoms with Crippen molar-refractivity contribution in [2.24, 2.45) is 0 Å². The molecule has 1 fully saturated rings. The third-order valence-corrected chi connectivity index (χ3v) is 4.52. The summed E-state index contributed by atoms with van der Waals surface area (Å²) in [5.41, 5.74) is 6.26. The highest BCUT2D eigenvalue weighted by molar-refractivity contribution is 5.92. The van der Waals surface area contributed by atoms with Gasteiger partial charge in [-0.05, 0) is 12.5 Å². The molecular weight excluding hydrogens is 361 g/mol. The molecule has 0 aliphatic carbocycles. The molecule has 7 nitrogen and oxygen atoms in total. The van der Waals surface area contributed by atoms with E-state index in [0.29, 0.717) is 11.3 Å². The summed E-state index contributed by atoms with van der Waals surface area (Å²) in [5.74, 6) is 0.380. The molecule has 1 aliphatic heterocycles. The second-order valence-corrected chi connectivity index (χ2v) is 6.07. The molecule has 144 valence electrons. The molecule has 1 atom stereocenters. The number of nitrogens with one attached hydrogen (secondary N) is 1. The number of halogens is 2. The van der Waals surface area contributed by atoms with Crippen molar-refractivity contribution >= 4 is 35.1 Å². The zero-order chi connectivity index (χ0) is 18.0. The smallest absolute Gasteiger partial charge is 0.228 e. The number of methoxy groups -OCH3 is 2. The van der Waals surface area contributed by atoms with Crippen molar-refractivity contribution in [3.05, 3.63) is 11.9 Å². The number of aromatic nitrogens is 2. The number of hydrogen-bond donors (Lipinski definition) is 2. The Bertz CT molecular complexity index is 775. The third kappa shape index (κ3) is 3.57. The molecule has 1 aliphatic rings. The fourth-order valence-electron chi connectivity index (χ4n) is 3.28. The number of ether oxygens (including phenoxy) is 2. The van der Waals surface area contributed by atoms with Gasteiger partial charge in [-0.2, -0.15) is 4.98 Å². The molecule has 26 heavy (non-hydrogen) atoms. The number of anilines is 2. The summed E-state index contributed by atoms with van der Waals surface area (Å²) >= 11 is 0. The number of nitrogens with two attached hydrogens (primary N) is 1. The quantitative estimate of drug-likeness (QED) is 0.817. The number of fused-ring (bicyclic) bond motifs is 1. The molecule has 3 rings (SSSR count). The van der Waals surface area contributed by atoms with Gasteiger partial charge in [-0.25, -0.2) is 9.37 Å². The molecule has 0 unspecified atom stereocenters. The SMILES string of the molecule is CCC[C@H]1CNCCN1c1nc(N)c2cc(OC)c(OC)c(F)c2n1.Cl. The van der Waals surface area contributed by atoms with Crippen LogP contribution in [0.3, 0.4) is 0 Å². The maximum atomic E-state index is 14.9. The van der Waals surface area contributed by atoms with Crippen LogP contribution in [-0.4, -0.2) is 49.9 Å². The molecule has 9 heteroatoms. The Kier molecular flexibility index (Phi) is 6.66. The Morgan fingerprint density at radius 1 is 1.35 bits per heavy atom. The Morgan fingerprint density at radius 2 is 2.12 bits per heavy atom. The highest BCUT2D eigenvalue weighted by Gasteiger charge is 2.26. The number of nitrogen functional groups attached to an aromatic ring is 1. The van der Waals surface area contributed by atoms with E-state index in [1.807, 2.05) is 0 Å². The third-order valence-electron chi connectivity index (χ3n) is 4.52. The molecule has 2 aromatic rings. The predicted octanol–water partition coefficient (Wildman–Crippen LogP) is 2.37. The van der Waals surface area contributed by atoms with Crippen LogP contribution in [0.5, 0.6) is 11.5 Å². The van der Waals surface area contributed by atoms with E-state index in [1.165, 1.54) is 14.2 Å². The number of benzene rings is 1. The molecule has 1 aromatic carbocycles. The molecule has 3 N–H and O–H groups in total. The average molecular weight is 386 g/mol. The van der Waals surface area contributed by atoms with Gasteiger partial charge in [0.2, 0.25) is 5.95 Å². The molecular formula is C17H25ClFN5O2. The summed E-state index contributed by atoms with van der Waals surface area (Å²) in [5, 5.41) is 3.79. The Labute approximate surface area is 158 Å². The van der Waals surface area contributed by atoms with Crippen LogP contribution in [0.4, 0.5) is 16.2 Å². The highest BCUT2D eigenvalue weighted by Crippen LogP contribution is 2.37. The first-order chi connectivity index (χ1) is 12.1. The van der Waals surface area contributed by atoms with Crippen LogP contribution in [0.2, 0.25) is 0 Å². The van der Waals surface area contributed by atoms with Crippen molar-refractivity contribution < 1.29 is 13.9 Å². The first kappa shape index (κ1) is 20.3. The van der Waals surface area contributed by atoms with E-state index in [2.05, 4.69) is 27.1 Å². The minimum absolute atomic E-state index is 0. The minimum Gasteiger partial charge on any atom is -0.493 e. The van der Waals surface area contributed by atoms with Gasteiger partial charge in [-0.3, -0.25) is 0 Å². The van der Waals surface area contributed by atoms with Crippen LogP contribution in [-0.2, 0) is 0 Å². The van der Waals surface area contributed by atoms with Crippen molar-refractivity contribution in [2.75, 3.05) is 44.5 Å². The van der Waals surface area contributed by atoms with Crippen LogP contribution in [0.15, 0.2) is 6.07 Å². The van der Waals surface area contributed by atoms with Crippen molar-refractivity contribution in [2.45, 2.75) is 25.8 Å². The average Bonchev–Trinajstić information content (AvgIpc) is 2.62. The monoisotopic (exact) mass is 385 g/mol. The Balaban J connectivity index is 0.00000243.